The zero-order chi connectivity index (χ0) is 11.3. The molecule has 0 unspecified atom stereocenters. The van der Waals surface area contributed by atoms with Gasteiger partial charge in [-0.15, -0.1) is 0 Å². The number of hydrogen-bond donors (Lipinski definition) is 0. The van der Waals surface area contributed by atoms with Crippen LogP contribution in [0.15, 0.2) is 18.5 Å². The van der Waals surface area contributed by atoms with Gasteiger partial charge in [-0.2, -0.15) is 4.68 Å². The third-order valence-corrected chi connectivity index (χ3v) is 1.44. The number of hydrogen-bond acceptors (Lipinski definition) is 6. The number of aromatic nitrogens is 3. The van der Waals surface area contributed by atoms with Crippen molar-refractivity contribution < 1.29 is 14.5 Å². The minimum absolute atomic E-state index is 0.218. The Kier molecular flexibility index (Phi) is 3.49. The summed E-state index contributed by atoms with van der Waals surface area (Å²) in [5.74, 6) is -0.967. The first-order valence-electron chi connectivity index (χ1n) is 3.92. The normalized spacial score (nSPS) is 10.5. The van der Waals surface area contributed by atoms with Crippen LogP contribution in [-0.4, -0.2) is 32.8 Å². The van der Waals surface area contributed by atoms with Crippen LogP contribution in [0.2, 0.25) is 0 Å². The third-order valence-electron chi connectivity index (χ3n) is 1.44. The molecule has 0 saturated carbocycles. The van der Waals surface area contributed by atoms with E-state index in [4.69, 9.17) is 0 Å². The Hall–Kier alpha value is -2.25. The number of methoxy groups -OCH3 is 1. The second-order valence-electron chi connectivity index (χ2n) is 2.45. The summed E-state index contributed by atoms with van der Waals surface area (Å²) in [6.07, 6.45) is 3.87. The second-order valence-corrected chi connectivity index (χ2v) is 2.45. The quantitative estimate of drug-likeness (QED) is 0.299. The van der Waals surface area contributed by atoms with Crippen LogP contribution in [0.25, 0.3) is 0 Å². The van der Waals surface area contributed by atoms with Crippen molar-refractivity contribution in [1.29, 1.82) is 0 Å². The fourth-order valence-electron chi connectivity index (χ4n) is 0.781. The molecule has 0 aromatic carbocycles. The van der Waals surface area contributed by atoms with Crippen molar-refractivity contribution in [2.45, 2.75) is 6.54 Å². The largest absolute Gasteiger partial charge is 0.490 e. The average Bonchev–Trinajstić information content (AvgIpc) is 2.66. The van der Waals surface area contributed by atoms with Crippen molar-refractivity contribution in [3.05, 3.63) is 28.6 Å². The van der Waals surface area contributed by atoms with Crippen LogP contribution in [0, 0.1) is 10.1 Å². The van der Waals surface area contributed by atoms with Gasteiger partial charge < -0.3 is 14.9 Å². The van der Waals surface area contributed by atoms with Crippen molar-refractivity contribution in [1.82, 2.24) is 14.8 Å². The van der Waals surface area contributed by atoms with E-state index in [1.807, 2.05) is 0 Å². The molecule has 80 valence electrons. The molecule has 1 rings (SSSR count). The molecule has 0 fully saturated rings. The molecular weight excluding hydrogens is 204 g/mol. The van der Waals surface area contributed by atoms with Crippen LogP contribution in [0.1, 0.15) is 0 Å². The number of allylic oxidation sites excluding steroid dienone is 1. The maximum atomic E-state index is 10.7. The van der Waals surface area contributed by atoms with Gasteiger partial charge in [0.05, 0.1) is 13.7 Å². The lowest BCUT2D eigenvalue weighted by molar-refractivity contribution is -0.394. The predicted molar refractivity (Wildman–Crippen MR) is 47.8 cm³/mol. The lowest BCUT2D eigenvalue weighted by Crippen LogP contribution is -1.99. The van der Waals surface area contributed by atoms with Gasteiger partial charge in [0.15, 0.2) is 0 Å². The van der Waals surface area contributed by atoms with E-state index in [2.05, 4.69) is 14.8 Å². The van der Waals surface area contributed by atoms with E-state index in [0.717, 1.165) is 0 Å². The molecular formula is C7H8N4O4. The van der Waals surface area contributed by atoms with Gasteiger partial charge in [0.2, 0.25) is 6.33 Å². The number of esters is 1. The Balaban J connectivity index is 2.55. The van der Waals surface area contributed by atoms with E-state index in [9.17, 15) is 14.9 Å². The van der Waals surface area contributed by atoms with Gasteiger partial charge in [-0.1, -0.05) is 11.1 Å². The molecule has 0 atom stereocenters. The molecule has 0 amide bonds. The first-order valence-corrected chi connectivity index (χ1v) is 3.92. The van der Waals surface area contributed by atoms with Crippen LogP contribution in [0.5, 0.6) is 0 Å². The summed E-state index contributed by atoms with van der Waals surface area (Å²) in [6.45, 7) is 0.218. The summed E-state index contributed by atoms with van der Waals surface area (Å²) in [6, 6.07) is 0. The topological polar surface area (TPSA) is 100 Å². The molecule has 1 aromatic rings. The summed E-state index contributed by atoms with van der Waals surface area (Å²) < 4.78 is 5.59. The number of nitro groups is 1. The molecule has 15 heavy (non-hydrogen) atoms. The summed E-state index contributed by atoms with van der Waals surface area (Å²) in [4.78, 5) is 23.6. The van der Waals surface area contributed by atoms with Gasteiger partial charge in [0, 0.05) is 11.2 Å². The van der Waals surface area contributed by atoms with E-state index in [1.165, 1.54) is 30.3 Å². The average molecular weight is 212 g/mol. The van der Waals surface area contributed by atoms with E-state index in [1.54, 1.807) is 0 Å². The highest BCUT2D eigenvalue weighted by Crippen LogP contribution is 1.99. The van der Waals surface area contributed by atoms with Crippen molar-refractivity contribution in [2.75, 3.05) is 7.11 Å². The Morgan fingerprint density at radius 2 is 2.53 bits per heavy atom. The van der Waals surface area contributed by atoms with Crippen molar-refractivity contribution in [3.63, 3.8) is 0 Å². The Bertz CT molecular complexity index is 397. The highest BCUT2D eigenvalue weighted by atomic mass is 16.6. The Morgan fingerprint density at radius 3 is 3.07 bits per heavy atom. The van der Waals surface area contributed by atoms with E-state index < -0.39 is 16.8 Å². The first-order chi connectivity index (χ1) is 7.13. The predicted octanol–water partition coefficient (Wildman–Crippen LogP) is -0.0845. The minimum Gasteiger partial charge on any atom is -0.466 e. The van der Waals surface area contributed by atoms with Gasteiger partial charge >= 0.3 is 11.9 Å². The molecule has 1 aromatic heterocycles. The van der Waals surface area contributed by atoms with Gasteiger partial charge in [-0.05, 0) is 4.92 Å². The highest BCUT2D eigenvalue weighted by molar-refractivity contribution is 5.81. The molecule has 1 heterocycles. The van der Waals surface area contributed by atoms with Gasteiger partial charge in [0.1, 0.15) is 0 Å². The lowest BCUT2D eigenvalue weighted by atomic mass is 10.5. The van der Waals surface area contributed by atoms with Gasteiger partial charge in [-0.3, -0.25) is 0 Å². The molecule has 8 nitrogen and oxygen atoms in total. The number of ether oxygens (including phenoxy) is 1. The van der Waals surface area contributed by atoms with Gasteiger partial charge in [-0.25, -0.2) is 4.79 Å². The maximum absolute atomic E-state index is 10.7. The molecule has 0 bridgehead atoms. The summed E-state index contributed by atoms with van der Waals surface area (Å²) in [5, 5.41) is 13.8. The summed E-state index contributed by atoms with van der Waals surface area (Å²) in [7, 11) is 1.26. The second kappa shape index (κ2) is 4.84. The number of carbonyl (C=O) groups is 1. The molecule has 0 N–H and O–H groups in total. The van der Waals surface area contributed by atoms with E-state index in [-0.39, 0.29) is 6.54 Å². The molecule has 0 radical (unpaired) electrons. The molecule has 0 aliphatic carbocycles. The fourth-order valence-corrected chi connectivity index (χ4v) is 0.781. The minimum atomic E-state index is -0.694. The SMILES string of the molecule is COC(=O)/C=C\Cn1cnc([N+](=O)[O-])n1. The number of carbonyl (C=O) groups excluding carboxylic acids is 1. The molecule has 8 heteroatoms. The number of rotatable bonds is 4. The number of nitrogens with zero attached hydrogens (tertiary/aromatic N) is 4. The Labute approximate surface area is 84.3 Å². The molecule has 0 aliphatic rings. The maximum Gasteiger partial charge on any atom is 0.490 e. The Morgan fingerprint density at radius 1 is 1.80 bits per heavy atom. The smallest absolute Gasteiger partial charge is 0.466 e. The van der Waals surface area contributed by atoms with Crippen LogP contribution in [0.3, 0.4) is 0 Å². The monoisotopic (exact) mass is 212 g/mol. The van der Waals surface area contributed by atoms with Crippen LogP contribution < -0.4 is 0 Å². The summed E-state index contributed by atoms with van der Waals surface area (Å²) >= 11 is 0. The van der Waals surface area contributed by atoms with Crippen molar-refractivity contribution in [3.8, 4) is 0 Å². The van der Waals surface area contributed by atoms with Crippen LogP contribution >= 0.6 is 0 Å². The van der Waals surface area contributed by atoms with Gasteiger partial charge in [0.25, 0.3) is 0 Å². The summed E-state index contributed by atoms with van der Waals surface area (Å²) in [5.41, 5.74) is 0. The van der Waals surface area contributed by atoms with Crippen LogP contribution in [-0.2, 0) is 16.1 Å². The molecule has 0 spiro atoms. The van der Waals surface area contributed by atoms with E-state index >= 15 is 0 Å². The third kappa shape index (κ3) is 3.18. The lowest BCUT2D eigenvalue weighted by Gasteiger charge is -1.89. The first kappa shape index (κ1) is 10.8. The highest BCUT2D eigenvalue weighted by Gasteiger charge is 2.11. The van der Waals surface area contributed by atoms with Crippen molar-refractivity contribution >= 4 is 11.9 Å². The standard InChI is InChI=1S/C7H8N4O4/c1-15-6(12)3-2-4-10-5-8-7(9-10)11(13)14/h2-3,5H,4H2,1H3/b3-2-. The fraction of sp³-hybridized carbons (Fsp3) is 0.286. The molecule has 0 saturated heterocycles. The molecule has 0 aliphatic heterocycles. The van der Waals surface area contributed by atoms with Crippen molar-refractivity contribution in [2.24, 2.45) is 0 Å². The zero-order valence-electron chi connectivity index (χ0n) is 7.86. The zero-order valence-corrected chi connectivity index (χ0v) is 7.86. The van der Waals surface area contributed by atoms with Crippen LogP contribution in [0.4, 0.5) is 5.95 Å². The van der Waals surface area contributed by atoms with E-state index in [0.29, 0.717) is 0 Å².